The number of amides is 1. The van der Waals surface area contributed by atoms with Gasteiger partial charge in [0.15, 0.2) is 0 Å². The fourth-order valence-electron chi connectivity index (χ4n) is 1.88. The molecule has 0 N–H and O–H groups in total. The number of nitrogens with zero attached hydrogens (tertiary/aromatic N) is 1. The van der Waals surface area contributed by atoms with Crippen LogP contribution in [0.5, 0.6) is 0 Å². The zero-order valence-corrected chi connectivity index (χ0v) is 12.2. The van der Waals surface area contributed by atoms with Crippen molar-refractivity contribution in [2.45, 2.75) is 39.9 Å². The van der Waals surface area contributed by atoms with E-state index in [1.165, 1.54) is 0 Å². The van der Waals surface area contributed by atoms with Crippen molar-refractivity contribution in [3.63, 3.8) is 0 Å². The SMILES string of the molecule is CC1CN(C(=O)C(C)C(C)C)CC(CBr)O1. The van der Waals surface area contributed by atoms with E-state index in [1.807, 2.05) is 18.7 Å². The number of rotatable bonds is 3. The van der Waals surface area contributed by atoms with E-state index >= 15 is 0 Å². The van der Waals surface area contributed by atoms with Crippen LogP contribution in [0.2, 0.25) is 0 Å². The van der Waals surface area contributed by atoms with Crippen LogP contribution in [0.15, 0.2) is 0 Å². The second-order valence-electron chi connectivity index (χ2n) is 5.00. The number of ether oxygens (including phenoxy) is 1. The van der Waals surface area contributed by atoms with Gasteiger partial charge in [0.1, 0.15) is 0 Å². The average Bonchev–Trinajstić information content (AvgIpc) is 2.25. The lowest BCUT2D eigenvalue weighted by molar-refractivity contribution is -0.147. The standard InChI is InChI=1S/C12H22BrNO2/c1-8(2)10(4)12(15)14-6-9(3)16-11(5-13)7-14/h8-11H,5-7H2,1-4H3. The Kier molecular flexibility index (Phi) is 5.25. The molecule has 3 atom stereocenters. The maximum absolute atomic E-state index is 12.2. The number of halogens is 1. The van der Waals surface area contributed by atoms with E-state index in [-0.39, 0.29) is 24.0 Å². The number of alkyl halides is 1. The van der Waals surface area contributed by atoms with Crippen LogP contribution >= 0.6 is 15.9 Å². The zero-order valence-electron chi connectivity index (χ0n) is 10.6. The van der Waals surface area contributed by atoms with Crippen molar-refractivity contribution >= 4 is 21.8 Å². The number of carbonyl (C=O) groups excluding carboxylic acids is 1. The van der Waals surface area contributed by atoms with Crippen molar-refractivity contribution in [1.29, 1.82) is 0 Å². The molecule has 1 aliphatic rings. The fraction of sp³-hybridized carbons (Fsp3) is 0.917. The third-order valence-electron chi connectivity index (χ3n) is 3.20. The van der Waals surface area contributed by atoms with Gasteiger partial charge >= 0.3 is 0 Å². The van der Waals surface area contributed by atoms with Crippen LogP contribution in [0.4, 0.5) is 0 Å². The van der Waals surface area contributed by atoms with Gasteiger partial charge in [0, 0.05) is 24.3 Å². The quantitative estimate of drug-likeness (QED) is 0.747. The van der Waals surface area contributed by atoms with Crippen LogP contribution in [-0.4, -0.2) is 41.4 Å². The molecule has 0 spiro atoms. The summed E-state index contributed by atoms with van der Waals surface area (Å²) in [6.07, 6.45) is 0.270. The van der Waals surface area contributed by atoms with Crippen LogP contribution in [0, 0.1) is 11.8 Å². The summed E-state index contributed by atoms with van der Waals surface area (Å²) in [6, 6.07) is 0. The molecule has 0 saturated carbocycles. The molecule has 0 radical (unpaired) electrons. The minimum atomic E-state index is 0.0984. The van der Waals surface area contributed by atoms with Crippen molar-refractivity contribution in [2.75, 3.05) is 18.4 Å². The van der Waals surface area contributed by atoms with Gasteiger partial charge in [-0.25, -0.2) is 0 Å². The van der Waals surface area contributed by atoms with Gasteiger partial charge in [-0.2, -0.15) is 0 Å². The predicted molar refractivity (Wildman–Crippen MR) is 68.7 cm³/mol. The third-order valence-corrected chi connectivity index (χ3v) is 3.92. The van der Waals surface area contributed by atoms with Crippen molar-refractivity contribution in [3.05, 3.63) is 0 Å². The maximum atomic E-state index is 12.2. The Hall–Kier alpha value is -0.0900. The van der Waals surface area contributed by atoms with Gasteiger partial charge in [-0.15, -0.1) is 0 Å². The van der Waals surface area contributed by atoms with Gasteiger partial charge in [0.05, 0.1) is 12.2 Å². The molecule has 1 fully saturated rings. The lowest BCUT2D eigenvalue weighted by atomic mass is 9.96. The Morgan fingerprint density at radius 1 is 1.44 bits per heavy atom. The fourth-order valence-corrected chi connectivity index (χ4v) is 2.24. The van der Waals surface area contributed by atoms with E-state index in [0.717, 1.165) is 11.9 Å². The van der Waals surface area contributed by atoms with E-state index in [9.17, 15) is 4.79 Å². The topological polar surface area (TPSA) is 29.5 Å². The first kappa shape index (κ1) is 14.0. The number of hydrogen-bond acceptors (Lipinski definition) is 2. The molecule has 94 valence electrons. The summed E-state index contributed by atoms with van der Waals surface area (Å²) in [4.78, 5) is 14.2. The number of carbonyl (C=O) groups is 1. The van der Waals surface area contributed by atoms with Crippen molar-refractivity contribution < 1.29 is 9.53 Å². The number of morpholine rings is 1. The van der Waals surface area contributed by atoms with E-state index in [4.69, 9.17) is 4.74 Å². The zero-order chi connectivity index (χ0) is 12.3. The molecule has 16 heavy (non-hydrogen) atoms. The Labute approximate surface area is 107 Å². The molecule has 3 unspecified atom stereocenters. The summed E-state index contributed by atoms with van der Waals surface area (Å²) in [7, 11) is 0. The predicted octanol–water partition coefficient (Wildman–Crippen LogP) is 2.29. The summed E-state index contributed by atoms with van der Waals surface area (Å²) in [5.74, 6) is 0.755. The molecule has 1 amide bonds. The second-order valence-corrected chi connectivity index (χ2v) is 5.65. The second kappa shape index (κ2) is 6.01. The van der Waals surface area contributed by atoms with E-state index in [1.54, 1.807) is 0 Å². The third kappa shape index (κ3) is 3.45. The van der Waals surface area contributed by atoms with Crippen molar-refractivity contribution in [2.24, 2.45) is 11.8 Å². The summed E-state index contributed by atoms with van der Waals surface area (Å²) in [5.41, 5.74) is 0. The van der Waals surface area contributed by atoms with E-state index in [0.29, 0.717) is 12.5 Å². The van der Waals surface area contributed by atoms with Crippen molar-refractivity contribution in [1.82, 2.24) is 4.90 Å². The smallest absolute Gasteiger partial charge is 0.225 e. The number of hydrogen-bond donors (Lipinski definition) is 0. The molecule has 0 aliphatic carbocycles. The molecule has 0 aromatic heterocycles. The van der Waals surface area contributed by atoms with Gasteiger partial charge in [-0.1, -0.05) is 36.7 Å². The molecule has 1 heterocycles. The highest BCUT2D eigenvalue weighted by Crippen LogP contribution is 2.18. The minimum Gasteiger partial charge on any atom is -0.371 e. The van der Waals surface area contributed by atoms with Crippen molar-refractivity contribution in [3.8, 4) is 0 Å². The highest BCUT2D eigenvalue weighted by Gasteiger charge is 2.30. The molecular formula is C12H22BrNO2. The molecule has 0 bridgehead atoms. The van der Waals surface area contributed by atoms with E-state index < -0.39 is 0 Å². The summed E-state index contributed by atoms with van der Waals surface area (Å²) in [6.45, 7) is 9.65. The highest BCUT2D eigenvalue weighted by atomic mass is 79.9. The van der Waals surface area contributed by atoms with Crippen LogP contribution < -0.4 is 0 Å². The van der Waals surface area contributed by atoms with Gasteiger partial charge in [-0.05, 0) is 12.8 Å². The Bertz CT molecular complexity index is 245. The monoisotopic (exact) mass is 291 g/mol. The lowest BCUT2D eigenvalue weighted by Gasteiger charge is -2.38. The maximum Gasteiger partial charge on any atom is 0.225 e. The van der Waals surface area contributed by atoms with Crippen LogP contribution in [0.25, 0.3) is 0 Å². The van der Waals surface area contributed by atoms with Gasteiger partial charge < -0.3 is 9.64 Å². The van der Waals surface area contributed by atoms with Gasteiger partial charge in [-0.3, -0.25) is 4.79 Å². The molecular weight excluding hydrogens is 270 g/mol. The minimum absolute atomic E-state index is 0.0984. The highest BCUT2D eigenvalue weighted by molar-refractivity contribution is 9.09. The largest absolute Gasteiger partial charge is 0.371 e. The Morgan fingerprint density at radius 3 is 2.56 bits per heavy atom. The molecule has 3 nitrogen and oxygen atoms in total. The van der Waals surface area contributed by atoms with Gasteiger partial charge in [0.2, 0.25) is 5.91 Å². The molecule has 1 aliphatic heterocycles. The molecule has 0 aromatic rings. The summed E-state index contributed by atoms with van der Waals surface area (Å²) in [5, 5.41) is 0.789. The molecule has 4 heteroatoms. The summed E-state index contributed by atoms with van der Waals surface area (Å²) < 4.78 is 5.72. The molecule has 0 aromatic carbocycles. The first-order valence-electron chi connectivity index (χ1n) is 5.96. The van der Waals surface area contributed by atoms with E-state index in [2.05, 4.69) is 29.8 Å². The average molecular weight is 292 g/mol. The summed E-state index contributed by atoms with van der Waals surface area (Å²) >= 11 is 3.42. The van der Waals surface area contributed by atoms with Gasteiger partial charge in [0.25, 0.3) is 0 Å². The Balaban J connectivity index is 2.61. The molecule has 1 rings (SSSR count). The van der Waals surface area contributed by atoms with Crippen LogP contribution in [-0.2, 0) is 9.53 Å². The lowest BCUT2D eigenvalue weighted by Crippen LogP contribution is -2.51. The normalized spacial score (nSPS) is 28.2. The van der Waals surface area contributed by atoms with Crippen LogP contribution in [0.3, 0.4) is 0 Å². The first-order chi connectivity index (χ1) is 7.45. The Morgan fingerprint density at radius 2 is 2.06 bits per heavy atom. The molecule has 1 saturated heterocycles. The first-order valence-corrected chi connectivity index (χ1v) is 7.08. The van der Waals surface area contributed by atoms with Crippen LogP contribution in [0.1, 0.15) is 27.7 Å².